The van der Waals surface area contributed by atoms with E-state index >= 15 is 0 Å². The van der Waals surface area contributed by atoms with Crippen LogP contribution in [-0.2, 0) is 20.9 Å². The lowest BCUT2D eigenvalue weighted by molar-refractivity contribution is -0.159. The van der Waals surface area contributed by atoms with Crippen molar-refractivity contribution in [3.05, 3.63) is 23.8 Å². The summed E-state index contributed by atoms with van der Waals surface area (Å²) >= 11 is 0. The van der Waals surface area contributed by atoms with E-state index in [-0.39, 0.29) is 17.7 Å². The molecule has 1 N–H and O–H groups in total. The number of carbonyl (C=O) groups excluding carboxylic acids is 2. The van der Waals surface area contributed by atoms with Crippen molar-refractivity contribution in [2.75, 3.05) is 27.4 Å². The third-order valence-corrected chi connectivity index (χ3v) is 5.72. The first-order chi connectivity index (χ1) is 13.5. The predicted octanol–water partition coefficient (Wildman–Crippen LogP) is 3.51. The largest absolute Gasteiger partial charge is 0.497 e. The van der Waals surface area contributed by atoms with Gasteiger partial charge in [0.2, 0.25) is 0 Å². The standard InChI is InChI=1S/C22H33NO5/c1-5-28-21(25)22(10-6-7-17(14-22)16(2)24)11-12-23-15-18-8-9-19(26-3)13-20(18)27-4/h8-9,13,17,23H,5-7,10-12,14-15H2,1-4H3/t17-,22+/m1/s1. The van der Waals surface area contributed by atoms with Gasteiger partial charge in [-0.2, -0.15) is 0 Å². The van der Waals surface area contributed by atoms with Crippen LogP contribution in [0.5, 0.6) is 11.5 Å². The van der Waals surface area contributed by atoms with E-state index in [1.54, 1.807) is 21.1 Å². The van der Waals surface area contributed by atoms with Crippen LogP contribution < -0.4 is 14.8 Å². The monoisotopic (exact) mass is 391 g/mol. The smallest absolute Gasteiger partial charge is 0.312 e. The van der Waals surface area contributed by atoms with Crippen LogP contribution in [0.4, 0.5) is 0 Å². The molecule has 2 atom stereocenters. The Kier molecular flexibility index (Phi) is 8.30. The van der Waals surface area contributed by atoms with Crippen molar-refractivity contribution in [3.8, 4) is 11.5 Å². The average Bonchev–Trinajstić information content (AvgIpc) is 2.71. The normalized spacial score (nSPS) is 21.8. The second-order valence-corrected chi connectivity index (χ2v) is 7.51. The summed E-state index contributed by atoms with van der Waals surface area (Å²) in [6.45, 7) is 5.10. The van der Waals surface area contributed by atoms with Crippen molar-refractivity contribution in [3.63, 3.8) is 0 Å². The summed E-state index contributed by atoms with van der Waals surface area (Å²) in [5.74, 6) is 1.48. The molecule has 0 bridgehead atoms. The first kappa shape index (κ1) is 22.2. The number of hydrogen-bond donors (Lipinski definition) is 1. The van der Waals surface area contributed by atoms with E-state index in [0.29, 0.717) is 32.5 Å². The van der Waals surface area contributed by atoms with E-state index in [1.807, 2.05) is 25.1 Å². The molecular weight excluding hydrogens is 358 g/mol. The Morgan fingerprint density at radius 1 is 1.25 bits per heavy atom. The molecule has 0 aromatic heterocycles. The van der Waals surface area contributed by atoms with Gasteiger partial charge in [0.15, 0.2) is 0 Å². The Morgan fingerprint density at radius 2 is 2.04 bits per heavy atom. The highest BCUT2D eigenvalue weighted by Gasteiger charge is 2.44. The van der Waals surface area contributed by atoms with Gasteiger partial charge < -0.3 is 19.5 Å². The molecule has 28 heavy (non-hydrogen) atoms. The minimum atomic E-state index is -0.568. The number of carbonyl (C=O) groups is 2. The molecule has 0 heterocycles. The molecule has 156 valence electrons. The molecule has 0 amide bonds. The van der Waals surface area contributed by atoms with Crippen molar-refractivity contribution >= 4 is 11.8 Å². The fourth-order valence-electron chi connectivity index (χ4n) is 4.06. The number of benzene rings is 1. The van der Waals surface area contributed by atoms with Crippen LogP contribution in [0.3, 0.4) is 0 Å². The first-order valence-corrected chi connectivity index (χ1v) is 10.0. The van der Waals surface area contributed by atoms with E-state index in [0.717, 1.165) is 36.3 Å². The lowest BCUT2D eigenvalue weighted by Gasteiger charge is -2.38. The van der Waals surface area contributed by atoms with Crippen LogP contribution in [-0.4, -0.2) is 39.1 Å². The summed E-state index contributed by atoms with van der Waals surface area (Å²) in [5.41, 5.74) is 0.459. The van der Waals surface area contributed by atoms with Crippen molar-refractivity contribution in [2.24, 2.45) is 11.3 Å². The zero-order chi connectivity index (χ0) is 20.6. The molecular formula is C22H33NO5. The van der Waals surface area contributed by atoms with Crippen LogP contribution in [0, 0.1) is 11.3 Å². The zero-order valence-electron chi connectivity index (χ0n) is 17.5. The minimum Gasteiger partial charge on any atom is -0.497 e. The number of ether oxygens (including phenoxy) is 3. The predicted molar refractivity (Wildman–Crippen MR) is 108 cm³/mol. The number of nitrogens with one attached hydrogen (secondary N) is 1. The summed E-state index contributed by atoms with van der Waals surface area (Å²) in [6, 6.07) is 5.73. The molecule has 0 saturated heterocycles. The van der Waals surface area contributed by atoms with Crippen LogP contribution in [0.1, 0.15) is 51.5 Å². The highest BCUT2D eigenvalue weighted by molar-refractivity contribution is 5.82. The van der Waals surface area contributed by atoms with E-state index < -0.39 is 5.41 Å². The fourth-order valence-corrected chi connectivity index (χ4v) is 4.06. The van der Waals surface area contributed by atoms with Gasteiger partial charge in [-0.15, -0.1) is 0 Å². The lowest BCUT2D eigenvalue weighted by atomic mass is 9.67. The maximum Gasteiger partial charge on any atom is 0.312 e. The third kappa shape index (κ3) is 5.47. The van der Waals surface area contributed by atoms with E-state index in [2.05, 4.69) is 5.32 Å². The first-order valence-electron chi connectivity index (χ1n) is 10.0. The summed E-state index contributed by atoms with van der Waals surface area (Å²) < 4.78 is 16.0. The number of hydrogen-bond acceptors (Lipinski definition) is 6. The van der Waals surface area contributed by atoms with Crippen molar-refractivity contribution in [2.45, 2.75) is 52.5 Å². The fraction of sp³-hybridized carbons (Fsp3) is 0.636. The van der Waals surface area contributed by atoms with Gasteiger partial charge in [0.25, 0.3) is 0 Å². The molecule has 1 aromatic rings. The number of esters is 1. The number of ketones is 1. The summed E-state index contributed by atoms with van der Waals surface area (Å²) in [4.78, 5) is 24.6. The summed E-state index contributed by atoms with van der Waals surface area (Å²) in [6.07, 6.45) is 3.79. The molecule has 1 aliphatic rings. The van der Waals surface area contributed by atoms with Crippen molar-refractivity contribution in [1.29, 1.82) is 0 Å². The maximum atomic E-state index is 12.7. The molecule has 0 radical (unpaired) electrons. The van der Waals surface area contributed by atoms with E-state index in [4.69, 9.17) is 14.2 Å². The van der Waals surface area contributed by atoms with Crippen molar-refractivity contribution in [1.82, 2.24) is 5.32 Å². The number of methoxy groups -OCH3 is 2. The lowest BCUT2D eigenvalue weighted by Crippen LogP contribution is -2.41. The highest BCUT2D eigenvalue weighted by atomic mass is 16.5. The van der Waals surface area contributed by atoms with Gasteiger partial charge in [0.1, 0.15) is 17.3 Å². The maximum absolute atomic E-state index is 12.7. The van der Waals surface area contributed by atoms with E-state index in [1.165, 1.54) is 0 Å². The molecule has 6 nitrogen and oxygen atoms in total. The molecule has 0 aliphatic heterocycles. The number of Topliss-reactive ketones (excluding diaryl/α,β-unsaturated/α-hetero) is 1. The van der Waals surface area contributed by atoms with Crippen LogP contribution >= 0.6 is 0 Å². The molecule has 6 heteroatoms. The quantitative estimate of drug-likeness (QED) is 0.486. The minimum absolute atomic E-state index is 0.0418. The zero-order valence-corrected chi connectivity index (χ0v) is 17.5. The van der Waals surface area contributed by atoms with Gasteiger partial charge in [-0.05, 0) is 52.1 Å². The average molecular weight is 392 g/mol. The molecule has 1 saturated carbocycles. The Hall–Kier alpha value is -2.08. The van der Waals surface area contributed by atoms with Gasteiger partial charge in [-0.3, -0.25) is 9.59 Å². The SMILES string of the molecule is CCOC(=O)[C@]1(CCNCc2ccc(OC)cc2OC)CCC[C@@H](C(C)=O)C1. The molecule has 1 aliphatic carbocycles. The Labute approximate surface area is 167 Å². The number of rotatable bonds is 10. The topological polar surface area (TPSA) is 73.9 Å². The van der Waals surface area contributed by atoms with Gasteiger partial charge >= 0.3 is 5.97 Å². The molecule has 1 fully saturated rings. The Morgan fingerprint density at radius 3 is 2.68 bits per heavy atom. The van der Waals surface area contributed by atoms with Gasteiger partial charge in [-0.1, -0.05) is 12.5 Å². The molecule has 0 unspecified atom stereocenters. The summed E-state index contributed by atoms with van der Waals surface area (Å²) in [7, 11) is 3.26. The summed E-state index contributed by atoms with van der Waals surface area (Å²) in [5, 5.41) is 3.41. The van der Waals surface area contributed by atoms with Crippen LogP contribution in [0.25, 0.3) is 0 Å². The van der Waals surface area contributed by atoms with Gasteiger partial charge in [-0.25, -0.2) is 0 Å². The van der Waals surface area contributed by atoms with Crippen molar-refractivity contribution < 1.29 is 23.8 Å². The molecule has 1 aromatic carbocycles. The third-order valence-electron chi connectivity index (χ3n) is 5.72. The van der Waals surface area contributed by atoms with Gasteiger partial charge in [0.05, 0.1) is 26.2 Å². The Balaban J connectivity index is 2.00. The molecule has 2 rings (SSSR count). The Bertz CT molecular complexity index is 675. The van der Waals surface area contributed by atoms with Crippen LogP contribution in [0.15, 0.2) is 18.2 Å². The highest BCUT2D eigenvalue weighted by Crippen LogP contribution is 2.43. The van der Waals surface area contributed by atoms with Crippen LogP contribution in [0.2, 0.25) is 0 Å². The second-order valence-electron chi connectivity index (χ2n) is 7.51. The van der Waals surface area contributed by atoms with Gasteiger partial charge in [0, 0.05) is 24.1 Å². The van der Waals surface area contributed by atoms with E-state index in [9.17, 15) is 9.59 Å². The molecule has 0 spiro atoms. The second kappa shape index (κ2) is 10.5.